The van der Waals surface area contributed by atoms with E-state index in [1.165, 1.54) is 11.3 Å². The lowest BCUT2D eigenvalue weighted by molar-refractivity contribution is 0.218. The highest BCUT2D eigenvalue weighted by Crippen LogP contribution is 2.32. The van der Waals surface area contributed by atoms with Gasteiger partial charge in [0.05, 0.1) is 11.4 Å². The standard InChI is InChI=1S/C16H14N2O2S/c19-15(11-5-1-3-9-17-11)13-7-8-14(21-13)16(20)12-6-2-4-10-18-12/h1-10,15-16,19-20H. The molecule has 0 bridgehead atoms. The summed E-state index contributed by atoms with van der Waals surface area (Å²) < 4.78 is 0. The Hall–Kier alpha value is -2.08. The maximum absolute atomic E-state index is 10.3. The van der Waals surface area contributed by atoms with Gasteiger partial charge in [-0.15, -0.1) is 11.3 Å². The molecule has 3 aromatic heterocycles. The normalized spacial score (nSPS) is 13.8. The highest BCUT2D eigenvalue weighted by Gasteiger charge is 2.18. The molecule has 3 rings (SSSR count). The Morgan fingerprint density at radius 2 is 1.19 bits per heavy atom. The average Bonchev–Trinajstić information content (AvgIpc) is 3.05. The summed E-state index contributed by atoms with van der Waals surface area (Å²) >= 11 is 1.36. The molecule has 106 valence electrons. The monoisotopic (exact) mass is 298 g/mol. The van der Waals surface area contributed by atoms with E-state index in [2.05, 4.69) is 9.97 Å². The van der Waals surface area contributed by atoms with Gasteiger partial charge >= 0.3 is 0 Å². The Kier molecular flexibility index (Phi) is 4.06. The number of hydrogen-bond acceptors (Lipinski definition) is 5. The third-order valence-electron chi connectivity index (χ3n) is 3.12. The lowest BCUT2D eigenvalue weighted by atomic mass is 10.2. The maximum Gasteiger partial charge on any atom is 0.130 e. The van der Waals surface area contributed by atoms with Crippen molar-refractivity contribution in [1.82, 2.24) is 9.97 Å². The summed E-state index contributed by atoms with van der Waals surface area (Å²) in [6.07, 6.45) is 1.74. The van der Waals surface area contributed by atoms with E-state index in [1.54, 1.807) is 36.7 Å². The molecule has 0 saturated carbocycles. The van der Waals surface area contributed by atoms with Gasteiger partial charge in [-0.25, -0.2) is 0 Å². The summed E-state index contributed by atoms with van der Waals surface area (Å²) in [5.74, 6) is 0. The number of aromatic nitrogens is 2. The van der Waals surface area contributed by atoms with Crippen molar-refractivity contribution in [3.8, 4) is 0 Å². The minimum atomic E-state index is -0.777. The van der Waals surface area contributed by atoms with E-state index in [0.29, 0.717) is 11.4 Å². The second-order valence-electron chi connectivity index (χ2n) is 4.55. The van der Waals surface area contributed by atoms with Crippen molar-refractivity contribution in [2.45, 2.75) is 12.2 Å². The number of rotatable bonds is 4. The topological polar surface area (TPSA) is 66.2 Å². The molecule has 0 aliphatic rings. The molecule has 0 aromatic carbocycles. The van der Waals surface area contributed by atoms with Crippen molar-refractivity contribution < 1.29 is 10.2 Å². The van der Waals surface area contributed by atoms with Crippen LogP contribution in [0.15, 0.2) is 60.9 Å². The predicted octanol–water partition coefficient (Wildman–Crippen LogP) is 2.70. The Morgan fingerprint density at radius 3 is 1.57 bits per heavy atom. The fraction of sp³-hybridized carbons (Fsp3) is 0.125. The highest BCUT2D eigenvalue weighted by atomic mass is 32.1. The Balaban J connectivity index is 1.84. The molecule has 0 spiro atoms. The molecule has 3 aromatic rings. The van der Waals surface area contributed by atoms with Crippen LogP contribution in [0, 0.1) is 0 Å². The van der Waals surface area contributed by atoms with Crippen molar-refractivity contribution in [2.24, 2.45) is 0 Å². The van der Waals surface area contributed by atoms with Crippen LogP contribution in [-0.4, -0.2) is 20.2 Å². The molecule has 2 atom stereocenters. The smallest absolute Gasteiger partial charge is 0.130 e. The minimum Gasteiger partial charge on any atom is -0.381 e. The van der Waals surface area contributed by atoms with Crippen LogP contribution < -0.4 is 0 Å². The van der Waals surface area contributed by atoms with Gasteiger partial charge in [-0.1, -0.05) is 12.1 Å². The van der Waals surface area contributed by atoms with Gasteiger partial charge in [0, 0.05) is 22.1 Å². The van der Waals surface area contributed by atoms with Crippen LogP contribution in [0.3, 0.4) is 0 Å². The number of hydrogen-bond donors (Lipinski definition) is 2. The molecule has 21 heavy (non-hydrogen) atoms. The number of aliphatic hydroxyl groups excluding tert-OH is 2. The fourth-order valence-electron chi connectivity index (χ4n) is 2.03. The van der Waals surface area contributed by atoms with Crippen molar-refractivity contribution in [2.75, 3.05) is 0 Å². The second kappa shape index (κ2) is 6.13. The Morgan fingerprint density at radius 1 is 0.714 bits per heavy atom. The number of pyridine rings is 2. The summed E-state index contributed by atoms with van der Waals surface area (Å²) in [7, 11) is 0. The number of aliphatic hydroxyl groups is 2. The van der Waals surface area contributed by atoms with Crippen molar-refractivity contribution >= 4 is 11.3 Å². The third kappa shape index (κ3) is 3.00. The Labute approximate surface area is 126 Å². The summed E-state index contributed by atoms with van der Waals surface area (Å²) in [6.45, 7) is 0. The molecule has 0 saturated heterocycles. The van der Waals surface area contributed by atoms with Gasteiger partial charge in [0.1, 0.15) is 12.2 Å². The average molecular weight is 298 g/mol. The van der Waals surface area contributed by atoms with Crippen LogP contribution in [0.2, 0.25) is 0 Å². The lowest BCUT2D eigenvalue weighted by Gasteiger charge is -2.08. The van der Waals surface area contributed by atoms with E-state index in [-0.39, 0.29) is 0 Å². The molecule has 4 nitrogen and oxygen atoms in total. The molecule has 0 amide bonds. The van der Waals surface area contributed by atoms with E-state index in [9.17, 15) is 10.2 Å². The largest absolute Gasteiger partial charge is 0.381 e. The zero-order chi connectivity index (χ0) is 14.7. The van der Waals surface area contributed by atoms with E-state index >= 15 is 0 Å². The summed E-state index contributed by atoms with van der Waals surface area (Å²) in [4.78, 5) is 9.80. The first-order chi connectivity index (χ1) is 10.3. The fourth-order valence-corrected chi connectivity index (χ4v) is 3.04. The quantitative estimate of drug-likeness (QED) is 0.777. The lowest BCUT2D eigenvalue weighted by Crippen LogP contribution is -2.00. The first-order valence-electron chi connectivity index (χ1n) is 6.53. The van der Waals surface area contributed by atoms with Gasteiger partial charge in [-0.05, 0) is 36.4 Å². The molecular weight excluding hydrogens is 284 g/mol. The summed E-state index contributed by atoms with van der Waals surface area (Å²) in [5, 5.41) is 20.6. The van der Waals surface area contributed by atoms with Gasteiger partial charge in [0.15, 0.2) is 0 Å². The van der Waals surface area contributed by atoms with Crippen LogP contribution in [-0.2, 0) is 0 Å². The van der Waals surface area contributed by atoms with Crippen LogP contribution in [0.1, 0.15) is 33.4 Å². The highest BCUT2D eigenvalue weighted by molar-refractivity contribution is 7.12. The predicted molar refractivity (Wildman–Crippen MR) is 80.9 cm³/mol. The minimum absolute atomic E-state index is 0.596. The van der Waals surface area contributed by atoms with E-state index in [4.69, 9.17) is 0 Å². The zero-order valence-electron chi connectivity index (χ0n) is 11.1. The second-order valence-corrected chi connectivity index (χ2v) is 5.70. The van der Waals surface area contributed by atoms with Gasteiger partial charge in [-0.2, -0.15) is 0 Å². The van der Waals surface area contributed by atoms with Crippen LogP contribution >= 0.6 is 11.3 Å². The maximum atomic E-state index is 10.3. The van der Waals surface area contributed by atoms with Crippen LogP contribution in [0.25, 0.3) is 0 Å². The zero-order valence-corrected chi connectivity index (χ0v) is 11.9. The Bertz CT molecular complexity index is 641. The molecule has 2 N–H and O–H groups in total. The third-order valence-corrected chi connectivity index (χ3v) is 4.31. The molecule has 3 heterocycles. The van der Waals surface area contributed by atoms with Gasteiger partial charge in [0.2, 0.25) is 0 Å². The molecule has 5 heteroatoms. The summed E-state index contributed by atoms with van der Waals surface area (Å²) in [5.41, 5.74) is 1.19. The van der Waals surface area contributed by atoms with Gasteiger partial charge in [-0.3, -0.25) is 9.97 Å². The first kappa shape index (κ1) is 13.9. The SMILES string of the molecule is OC(c1ccccn1)c1ccc(C(O)c2ccccn2)s1. The summed E-state index contributed by atoms with van der Waals surface area (Å²) in [6, 6.07) is 14.5. The molecule has 0 fully saturated rings. The first-order valence-corrected chi connectivity index (χ1v) is 7.35. The van der Waals surface area contributed by atoms with Crippen molar-refractivity contribution in [1.29, 1.82) is 0 Å². The van der Waals surface area contributed by atoms with Crippen molar-refractivity contribution in [3.63, 3.8) is 0 Å². The number of nitrogens with zero attached hydrogens (tertiary/aromatic N) is 2. The van der Waals surface area contributed by atoms with Crippen molar-refractivity contribution in [3.05, 3.63) is 82.1 Å². The van der Waals surface area contributed by atoms with E-state index in [1.807, 2.05) is 24.3 Å². The number of thiophene rings is 1. The molecule has 2 unspecified atom stereocenters. The van der Waals surface area contributed by atoms with E-state index < -0.39 is 12.2 Å². The van der Waals surface area contributed by atoms with E-state index in [0.717, 1.165) is 9.75 Å². The molecule has 0 aliphatic carbocycles. The molecular formula is C16H14N2O2S. The van der Waals surface area contributed by atoms with Crippen LogP contribution in [0.5, 0.6) is 0 Å². The van der Waals surface area contributed by atoms with Crippen LogP contribution in [0.4, 0.5) is 0 Å². The molecule has 0 aliphatic heterocycles. The van der Waals surface area contributed by atoms with Gasteiger partial charge in [0.25, 0.3) is 0 Å². The van der Waals surface area contributed by atoms with Gasteiger partial charge < -0.3 is 10.2 Å². The molecule has 0 radical (unpaired) electrons.